The quantitative estimate of drug-likeness (QED) is 0.933. The van der Waals surface area contributed by atoms with Gasteiger partial charge in [-0.1, -0.05) is 15.9 Å². The molecule has 4 nitrogen and oxygen atoms in total. The van der Waals surface area contributed by atoms with Crippen LogP contribution in [0.1, 0.15) is 0 Å². The van der Waals surface area contributed by atoms with E-state index in [9.17, 15) is 0 Å². The number of benzene rings is 1. The van der Waals surface area contributed by atoms with E-state index in [2.05, 4.69) is 25.9 Å². The van der Waals surface area contributed by atoms with Crippen molar-refractivity contribution in [3.63, 3.8) is 0 Å². The van der Waals surface area contributed by atoms with E-state index >= 15 is 0 Å². The fraction of sp³-hybridized carbons (Fsp3) is 0.273. The molecule has 0 atom stereocenters. The molecule has 0 unspecified atom stereocenters. The van der Waals surface area contributed by atoms with Gasteiger partial charge in [0.25, 0.3) is 0 Å². The highest BCUT2D eigenvalue weighted by molar-refractivity contribution is 9.10. The maximum Gasteiger partial charge on any atom is 0.139 e. The number of halogens is 1. The van der Waals surface area contributed by atoms with Crippen LogP contribution in [0, 0.1) is 0 Å². The number of fused-ring (bicyclic) bond motifs is 1. The zero-order valence-electron chi connectivity index (χ0n) is 8.89. The Morgan fingerprint density at radius 1 is 1.38 bits per heavy atom. The number of hydrogen-bond acceptors (Lipinski definition) is 4. The zero-order valence-corrected chi connectivity index (χ0v) is 10.5. The van der Waals surface area contributed by atoms with Crippen LogP contribution in [0.3, 0.4) is 0 Å². The summed E-state index contributed by atoms with van der Waals surface area (Å²) in [6, 6.07) is 5.88. The summed E-state index contributed by atoms with van der Waals surface area (Å²) in [4.78, 5) is 10.4. The maximum absolute atomic E-state index is 8.93. The predicted octanol–water partition coefficient (Wildman–Crippen LogP) is 1.82. The van der Waals surface area contributed by atoms with Gasteiger partial charge in [-0.25, -0.2) is 9.97 Å². The van der Waals surface area contributed by atoms with Crippen molar-refractivity contribution in [1.29, 1.82) is 0 Å². The van der Waals surface area contributed by atoms with E-state index in [-0.39, 0.29) is 6.61 Å². The number of rotatable bonds is 3. The van der Waals surface area contributed by atoms with Gasteiger partial charge in [0.1, 0.15) is 12.1 Å². The van der Waals surface area contributed by atoms with Crippen molar-refractivity contribution in [2.75, 3.05) is 25.1 Å². The molecule has 0 saturated carbocycles. The minimum absolute atomic E-state index is 0.107. The Labute approximate surface area is 102 Å². The Bertz CT molecular complexity index is 504. The van der Waals surface area contributed by atoms with Crippen molar-refractivity contribution in [3.8, 4) is 0 Å². The van der Waals surface area contributed by atoms with Crippen LogP contribution in [-0.2, 0) is 0 Å². The third kappa shape index (κ3) is 2.15. The van der Waals surface area contributed by atoms with Crippen LogP contribution < -0.4 is 4.90 Å². The number of aliphatic hydroxyl groups excluding tert-OH is 1. The lowest BCUT2D eigenvalue weighted by molar-refractivity contribution is 0.304. The van der Waals surface area contributed by atoms with Crippen LogP contribution in [0.2, 0.25) is 0 Å². The van der Waals surface area contributed by atoms with Gasteiger partial charge < -0.3 is 10.0 Å². The summed E-state index contributed by atoms with van der Waals surface area (Å²) in [5, 5.41) is 9.91. The van der Waals surface area contributed by atoms with E-state index in [4.69, 9.17) is 5.11 Å². The molecule has 0 aliphatic heterocycles. The second kappa shape index (κ2) is 4.76. The SMILES string of the molecule is CN(CCO)c1ncnc2ccc(Br)cc12. The van der Waals surface area contributed by atoms with Gasteiger partial charge in [0.05, 0.1) is 12.1 Å². The average Bonchev–Trinajstić information content (AvgIpc) is 2.28. The van der Waals surface area contributed by atoms with E-state index in [1.807, 2.05) is 30.1 Å². The molecule has 0 aliphatic rings. The number of aromatic nitrogens is 2. The van der Waals surface area contributed by atoms with Gasteiger partial charge in [-0.2, -0.15) is 0 Å². The Morgan fingerprint density at radius 2 is 2.19 bits per heavy atom. The van der Waals surface area contributed by atoms with Gasteiger partial charge in [0, 0.05) is 23.5 Å². The maximum atomic E-state index is 8.93. The molecular weight excluding hydrogens is 270 g/mol. The largest absolute Gasteiger partial charge is 0.395 e. The summed E-state index contributed by atoms with van der Waals surface area (Å²) < 4.78 is 0.994. The lowest BCUT2D eigenvalue weighted by Gasteiger charge is -2.18. The molecule has 1 aromatic heterocycles. The van der Waals surface area contributed by atoms with Crippen LogP contribution >= 0.6 is 15.9 Å². The van der Waals surface area contributed by atoms with E-state index in [1.54, 1.807) is 6.33 Å². The standard InChI is InChI=1S/C11H12BrN3O/c1-15(4-5-16)11-9-6-8(12)2-3-10(9)13-7-14-11/h2-3,6-7,16H,4-5H2,1H3. The van der Waals surface area contributed by atoms with E-state index in [0.717, 1.165) is 21.2 Å². The number of likely N-dealkylation sites (N-methyl/N-ethyl adjacent to an activating group) is 1. The van der Waals surface area contributed by atoms with Crippen LogP contribution in [0.4, 0.5) is 5.82 Å². The van der Waals surface area contributed by atoms with E-state index in [0.29, 0.717) is 6.54 Å². The van der Waals surface area contributed by atoms with Crippen molar-refractivity contribution < 1.29 is 5.11 Å². The van der Waals surface area contributed by atoms with E-state index < -0.39 is 0 Å². The first-order chi connectivity index (χ1) is 7.72. The lowest BCUT2D eigenvalue weighted by Crippen LogP contribution is -2.22. The van der Waals surface area contributed by atoms with Crippen LogP contribution in [-0.4, -0.2) is 35.3 Å². The van der Waals surface area contributed by atoms with Gasteiger partial charge >= 0.3 is 0 Å². The highest BCUT2D eigenvalue weighted by Gasteiger charge is 2.08. The highest BCUT2D eigenvalue weighted by atomic mass is 79.9. The second-order valence-corrected chi connectivity index (χ2v) is 4.42. The summed E-state index contributed by atoms with van der Waals surface area (Å²) in [5.74, 6) is 0.834. The Balaban J connectivity index is 2.55. The molecule has 0 spiro atoms. The van der Waals surface area contributed by atoms with Crippen molar-refractivity contribution in [1.82, 2.24) is 9.97 Å². The van der Waals surface area contributed by atoms with Gasteiger partial charge in [0.15, 0.2) is 0 Å². The molecule has 1 N–H and O–H groups in total. The Morgan fingerprint density at radius 3 is 2.94 bits per heavy atom. The first kappa shape index (κ1) is 11.3. The summed E-state index contributed by atoms with van der Waals surface area (Å²) in [6.45, 7) is 0.661. The molecule has 0 fully saturated rings. The number of aliphatic hydroxyl groups is 1. The van der Waals surface area contributed by atoms with Crippen LogP contribution in [0.25, 0.3) is 10.9 Å². The Kier molecular flexibility index (Phi) is 3.36. The third-order valence-corrected chi connectivity index (χ3v) is 2.87. The molecule has 0 aliphatic carbocycles. The molecule has 2 aromatic rings. The normalized spacial score (nSPS) is 10.7. The lowest BCUT2D eigenvalue weighted by atomic mass is 10.2. The fourth-order valence-electron chi connectivity index (χ4n) is 1.58. The molecule has 1 aromatic carbocycles. The number of hydrogen-bond donors (Lipinski definition) is 1. The smallest absolute Gasteiger partial charge is 0.139 e. The fourth-order valence-corrected chi connectivity index (χ4v) is 1.94. The molecule has 2 rings (SSSR count). The van der Waals surface area contributed by atoms with Crippen molar-refractivity contribution in [2.24, 2.45) is 0 Å². The molecule has 0 saturated heterocycles. The average molecular weight is 282 g/mol. The topological polar surface area (TPSA) is 49.2 Å². The highest BCUT2D eigenvalue weighted by Crippen LogP contribution is 2.25. The molecule has 5 heteroatoms. The van der Waals surface area contributed by atoms with Gasteiger partial charge in [0.2, 0.25) is 0 Å². The minimum Gasteiger partial charge on any atom is -0.395 e. The minimum atomic E-state index is 0.107. The zero-order chi connectivity index (χ0) is 11.5. The predicted molar refractivity (Wildman–Crippen MR) is 67.6 cm³/mol. The molecule has 0 amide bonds. The summed E-state index contributed by atoms with van der Waals surface area (Å²) in [7, 11) is 1.90. The molecule has 0 radical (unpaired) electrons. The van der Waals surface area contributed by atoms with Crippen molar-refractivity contribution >= 4 is 32.7 Å². The summed E-state index contributed by atoms with van der Waals surface area (Å²) >= 11 is 3.43. The number of anilines is 1. The monoisotopic (exact) mass is 281 g/mol. The molecule has 0 bridgehead atoms. The number of nitrogens with zero attached hydrogens (tertiary/aromatic N) is 3. The third-order valence-electron chi connectivity index (χ3n) is 2.37. The molecular formula is C11H12BrN3O. The molecule has 84 valence electrons. The van der Waals surface area contributed by atoms with Gasteiger partial charge in [-0.15, -0.1) is 0 Å². The summed E-state index contributed by atoms with van der Waals surface area (Å²) in [6.07, 6.45) is 1.54. The molecule has 16 heavy (non-hydrogen) atoms. The first-order valence-corrected chi connectivity index (χ1v) is 5.74. The van der Waals surface area contributed by atoms with Crippen molar-refractivity contribution in [2.45, 2.75) is 0 Å². The van der Waals surface area contributed by atoms with Crippen LogP contribution in [0.5, 0.6) is 0 Å². The Hall–Kier alpha value is -1.20. The van der Waals surface area contributed by atoms with Gasteiger partial charge in [-0.3, -0.25) is 0 Å². The molecule has 1 heterocycles. The van der Waals surface area contributed by atoms with Gasteiger partial charge in [-0.05, 0) is 18.2 Å². The van der Waals surface area contributed by atoms with Crippen LogP contribution in [0.15, 0.2) is 29.0 Å². The second-order valence-electron chi connectivity index (χ2n) is 3.50. The summed E-state index contributed by atoms with van der Waals surface area (Å²) in [5.41, 5.74) is 0.901. The van der Waals surface area contributed by atoms with Crippen molar-refractivity contribution in [3.05, 3.63) is 29.0 Å². The first-order valence-electron chi connectivity index (χ1n) is 4.94. The van der Waals surface area contributed by atoms with E-state index in [1.165, 1.54) is 0 Å².